The van der Waals surface area contributed by atoms with Gasteiger partial charge in [0.2, 0.25) is 10.7 Å². The summed E-state index contributed by atoms with van der Waals surface area (Å²) in [4.78, 5) is 0. The van der Waals surface area contributed by atoms with Crippen LogP contribution in [0.3, 0.4) is 0 Å². The summed E-state index contributed by atoms with van der Waals surface area (Å²) in [7, 11) is -4.51. The van der Waals surface area contributed by atoms with Gasteiger partial charge in [0, 0.05) is 5.92 Å². The number of aliphatic hydroxyl groups is 1. The maximum atomic E-state index is 13.5. The first kappa shape index (κ1) is 13.1. The fourth-order valence-electron chi connectivity index (χ4n) is 3.03. The lowest BCUT2D eigenvalue weighted by Gasteiger charge is -2.33. The van der Waals surface area contributed by atoms with E-state index in [1.54, 1.807) is 0 Å². The van der Waals surface area contributed by atoms with Crippen molar-refractivity contribution >= 4 is 10.7 Å². The molecular weight excluding hydrogens is 264 g/mol. The monoisotopic (exact) mass is 276 g/mol. The van der Waals surface area contributed by atoms with Crippen LogP contribution in [-0.4, -0.2) is 30.8 Å². The van der Waals surface area contributed by atoms with Crippen LogP contribution in [0.2, 0.25) is 0 Å². The van der Waals surface area contributed by atoms with E-state index in [0.29, 0.717) is 0 Å². The van der Waals surface area contributed by atoms with Gasteiger partial charge in [-0.25, -0.2) is 8.42 Å². The quantitative estimate of drug-likeness (QED) is 0.602. The first-order valence-electron chi connectivity index (χ1n) is 5.26. The van der Waals surface area contributed by atoms with Crippen molar-refractivity contribution in [3.63, 3.8) is 0 Å². The standard InChI is InChI=1S/C9H12F4O3S/c10-8(11,9(12,13)17(15)16)6-2-5-1-4(6)3-7(5)14/h4-7,14,17H,1-3H2. The van der Waals surface area contributed by atoms with E-state index < -0.39 is 45.7 Å². The van der Waals surface area contributed by atoms with E-state index in [0.717, 1.165) is 0 Å². The predicted molar refractivity (Wildman–Crippen MR) is 50.5 cm³/mol. The van der Waals surface area contributed by atoms with Crippen LogP contribution in [-0.2, 0) is 10.7 Å². The second kappa shape index (κ2) is 3.81. The van der Waals surface area contributed by atoms with E-state index in [1.807, 2.05) is 0 Å². The summed E-state index contributed by atoms with van der Waals surface area (Å²) in [6, 6.07) is 0. The van der Waals surface area contributed by atoms with E-state index >= 15 is 0 Å². The number of hydrogen-bond acceptors (Lipinski definition) is 3. The zero-order valence-corrected chi connectivity index (χ0v) is 9.55. The van der Waals surface area contributed by atoms with Crippen LogP contribution in [0.4, 0.5) is 17.6 Å². The Hall–Kier alpha value is -0.370. The molecule has 2 saturated carbocycles. The molecule has 17 heavy (non-hydrogen) atoms. The summed E-state index contributed by atoms with van der Waals surface area (Å²) < 4.78 is 73.5. The van der Waals surface area contributed by atoms with Crippen molar-refractivity contribution in [3.8, 4) is 0 Å². The lowest BCUT2D eigenvalue weighted by Crippen LogP contribution is -2.49. The van der Waals surface area contributed by atoms with Gasteiger partial charge < -0.3 is 5.11 Å². The number of hydrogen-bond donors (Lipinski definition) is 2. The average molecular weight is 276 g/mol. The van der Waals surface area contributed by atoms with Gasteiger partial charge >= 0.3 is 11.2 Å². The maximum Gasteiger partial charge on any atom is 0.404 e. The molecule has 0 radical (unpaired) electrons. The van der Waals surface area contributed by atoms with Crippen LogP contribution in [0.1, 0.15) is 19.3 Å². The van der Waals surface area contributed by atoms with Crippen molar-refractivity contribution in [2.75, 3.05) is 0 Å². The summed E-state index contributed by atoms with van der Waals surface area (Å²) in [5.74, 6) is -7.33. The Morgan fingerprint density at radius 3 is 1.94 bits per heavy atom. The first-order valence-corrected chi connectivity index (χ1v) is 6.44. The predicted octanol–water partition coefficient (Wildman–Crippen LogP) is 1.23. The van der Waals surface area contributed by atoms with Gasteiger partial charge in [0.25, 0.3) is 0 Å². The van der Waals surface area contributed by atoms with Gasteiger partial charge in [-0.05, 0) is 31.1 Å². The smallest absolute Gasteiger partial charge is 0.393 e. The molecule has 2 bridgehead atoms. The molecule has 0 spiro atoms. The number of fused-ring (bicyclic) bond motifs is 2. The van der Waals surface area contributed by atoms with Gasteiger partial charge in [-0.1, -0.05) is 0 Å². The summed E-state index contributed by atoms with van der Waals surface area (Å²) in [5, 5.41) is 4.35. The lowest BCUT2D eigenvalue weighted by molar-refractivity contribution is -0.201. The number of rotatable bonds is 3. The zero-order chi connectivity index (χ0) is 13.0. The van der Waals surface area contributed by atoms with Gasteiger partial charge in [-0.3, -0.25) is 0 Å². The summed E-state index contributed by atoms with van der Waals surface area (Å²) in [5.41, 5.74) is 0. The second-order valence-corrected chi connectivity index (χ2v) is 5.90. The molecule has 3 nitrogen and oxygen atoms in total. The van der Waals surface area contributed by atoms with E-state index in [1.165, 1.54) is 0 Å². The maximum absolute atomic E-state index is 13.5. The van der Waals surface area contributed by atoms with Gasteiger partial charge in [0.1, 0.15) is 0 Å². The molecule has 0 heterocycles. The molecule has 0 aromatic carbocycles. The molecule has 8 heteroatoms. The van der Waals surface area contributed by atoms with Gasteiger partial charge in [-0.2, -0.15) is 17.6 Å². The highest BCUT2D eigenvalue weighted by molar-refractivity contribution is 7.73. The van der Waals surface area contributed by atoms with Crippen LogP contribution in [0, 0.1) is 17.8 Å². The molecule has 4 unspecified atom stereocenters. The Bertz CT molecular complexity index is 386. The number of aliphatic hydroxyl groups excluding tert-OH is 1. The van der Waals surface area contributed by atoms with Crippen LogP contribution in [0.15, 0.2) is 0 Å². The molecule has 2 aliphatic carbocycles. The largest absolute Gasteiger partial charge is 0.404 e. The third-order valence-electron chi connectivity index (χ3n) is 3.92. The molecule has 100 valence electrons. The molecular formula is C9H12F4O3S. The molecule has 0 aromatic rings. The summed E-state index contributed by atoms with van der Waals surface area (Å²) in [6.07, 6.45) is -0.636. The third-order valence-corrected chi connectivity index (χ3v) is 4.67. The van der Waals surface area contributed by atoms with Crippen LogP contribution in [0.5, 0.6) is 0 Å². The van der Waals surface area contributed by atoms with E-state index in [9.17, 15) is 31.1 Å². The Labute approximate surface area is 96.8 Å². The van der Waals surface area contributed by atoms with Crippen molar-refractivity contribution in [2.45, 2.75) is 36.5 Å². The Morgan fingerprint density at radius 1 is 1.00 bits per heavy atom. The number of halogens is 4. The normalized spacial score (nSPS) is 38.0. The molecule has 2 aliphatic rings. The SMILES string of the molecule is O=[SH](=O)C(F)(F)C(F)(F)C1CC2CC1CC2O. The highest BCUT2D eigenvalue weighted by Crippen LogP contribution is 2.57. The fourth-order valence-corrected chi connectivity index (χ4v) is 3.44. The summed E-state index contributed by atoms with van der Waals surface area (Å²) >= 11 is 0. The molecule has 0 aromatic heterocycles. The number of thiol groups is 1. The number of alkyl halides is 4. The van der Waals surface area contributed by atoms with Crippen molar-refractivity contribution in [2.24, 2.45) is 17.8 Å². The van der Waals surface area contributed by atoms with Gasteiger partial charge in [0.15, 0.2) is 0 Å². The van der Waals surface area contributed by atoms with Gasteiger partial charge in [0.05, 0.1) is 6.10 Å². The molecule has 1 N–H and O–H groups in total. The van der Waals surface area contributed by atoms with Crippen molar-refractivity contribution in [3.05, 3.63) is 0 Å². The molecule has 4 atom stereocenters. The minimum Gasteiger partial charge on any atom is -0.393 e. The Kier molecular flexibility index (Phi) is 2.93. The molecule has 0 amide bonds. The summed E-state index contributed by atoms with van der Waals surface area (Å²) in [6.45, 7) is 0. The molecule has 2 fully saturated rings. The molecule has 2 rings (SSSR count). The molecule has 0 aliphatic heterocycles. The van der Waals surface area contributed by atoms with Crippen molar-refractivity contribution < 1.29 is 31.1 Å². The zero-order valence-electron chi connectivity index (χ0n) is 8.65. The third kappa shape index (κ3) is 1.76. The van der Waals surface area contributed by atoms with Crippen LogP contribution < -0.4 is 0 Å². The Morgan fingerprint density at radius 2 is 1.59 bits per heavy atom. The fraction of sp³-hybridized carbons (Fsp3) is 1.00. The average Bonchev–Trinajstić information content (AvgIpc) is 2.75. The second-order valence-electron chi connectivity index (χ2n) is 4.82. The van der Waals surface area contributed by atoms with E-state index in [2.05, 4.69) is 0 Å². The van der Waals surface area contributed by atoms with Crippen molar-refractivity contribution in [1.82, 2.24) is 0 Å². The first-order chi connectivity index (χ1) is 7.68. The molecule has 0 saturated heterocycles. The highest BCUT2D eigenvalue weighted by Gasteiger charge is 2.68. The highest BCUT2D eigenvalue weighted by atomic mass is 32.2. The van der Waals surface area contributed by atoms with Crippen LogP contribution in [0.25, 0.3) is 0 Å². The Balaban J connectivity index is 2.24. The minimum absolute atomic E-state index is 0.0522. The lowest BCUT2D eigenvalue weighted by atomic mass is 9.83. The van der Waals surface area contributed by atoms with E-state index in [-0.39, 0.29) is 19.3 Å². The topological polar surface area (TPSA) is 54.4 Å². The van der Waals surface area contributed by atoms with Crippen molar-refractivity contribution in [1.29, 1.82) is 0 Å². The van der Waals surface area contributed by atoms with Gasteiger partial charge in [-0.15, -0.1) is 0 Å². The van der Waals surface area contributed by atoms with E-state index in [4.69, 9.17) is 0 Å². The van der Waals surface area contributed by atoms with Crippen LogP contribution >= 0.6 is 0 Å². The minimum atomic E-state index is -5.01.